The number of nitrogens with one attached hydrogen (secondary N) is 1. The van der Waals surface area contributed by atoms with Crippen molar-refractivity contribution in [2.24, 2.45) is 0 Å². The van der Waals surface area contributed by atoms with E-state index < -0.39 is 0 Å². The summed E-state index contributed by atoms with van der Waals surface area (Å²) in [5.74, 6) is 0.380. The van der Waals surface area contributed by atoms with E-state index in [0.717, 1.165) is 29.7 Å². The number of anilines is 1. The highest BCUT2D eigenvalue weighted by atomic mass is 35.5. The van der Waals surface area contributed by atoms with E-state index in [2.05, 4.69) is 5.32 Å². The molecule has 98 valence electrons. The van der Waals surface area contributed by atoms with Crippen LogP contribution in [0.1, 0.15) is 23.6 Å². The number of aromatic hydroxyl groups is 1. The zero-order valence-electron chi connectivity index (χ0n) is 10.2. The third-order valence-corrected chi connectivity index (χ3v) is 3.89. The minimum absolute atomic E-state index is 0.191. The highest BCUT2D eigenvalue weighted by Gasteiger charge is 2.24. The third-order valence-electron chi connectivity index (χ3n) is 3.45. The molecule has 2 N–H and O–H groups in total. The largest absolute Gasteiger partial charge is 0.508 e. The van der Waals surface area contributed by atoms with Crippen molar-refractivity contribution in [3.8, 4) is 5.75 Å². The van der Waals surface area contributed by atoms with Gasteiger partial charge in [-0.05, 0) is 48.2 Å². The number of hydrogen-bond acceptors (Lipinski definition) is 2. The molecule has 0 fully saturated rings. The molecular formula is C15H13Cl2NO. The standard InChI is InChI=1S/C15H13Cl2NO/c16-9-6-10(17)8-11(7-9)18-14-5-4-13-12(14)2-1-3-15(13)19/h1-3,6-8,14,18-19H,4-5H2. The fraction of sp³-hybridized carbons (Fsp3) is 0.200. The van der Waals surface area contributed by atoms with Crippen LogP contribution in [0.4, 0.5) is 5.69 Å². The van der Waals surface area contributed by atoms with Crippen LogP contribution in [0.3, 0.4) is 0 Å². The Labute approximate surface area is 122 Å². The number of fused-ring (bicyclic) bond motifs is 1. The molecule has 0 saturated carbocycles. The van der Waals surface area contributed by atoms with Crippen LogP contribution in [0.25, 0.3) is 0 Å². The smallest absolute Gasteiger partial charge is 0.119 e. The van der Waals surface area contributed by atoms with Gasteiger partial charge in [-0.1, -0.05) is 35.3 Å². The Morgan fingerprint density at radius 1 is 1.11 bits per heavy atom. The van der Waals surface area contributed by atoms with E-state index in [1.54, 1.807) is 12.1 Å². The van der Waals surface area contributed by atoms with Gasteiger partial charge in [0, 0.05) is 15.7 Å². The molecule has 1 aliphatic carbocycles. The van der Waals surface area contributed by atoms with Gasteiger partial charge in [0.1, 0.15) is 5.75 Å². The maximum absolute atomic E-state index is 9.83. The van der Waals surface area contributed by atoms with Gasteiger partial charge in [0.2, 0.25) is 0 Å². The van der Waals surface area contributed by atoms with Crippen LogP contribution in [0.5, 0.6) is 5.75 Å². The lowest BCUT2D eigenvalue weighted by atomic mass is 10.1. The predicted octanol–water partition coefficient (Wildman–Crippen LogP) is 4.80. The molecule has 3 rings (SSSR count). The molecule has 0 aromatic heterocycles. The van der Waals surface area contributed by atoms with E-state index in [-0.39, 0.29) is 6.04 Å². The summed E-state index contributed by atoms with van der Waals surface area (Å²) in [6, 6.07) is 11.3. The van der Waals surface area contributed by atoms with E-state index in [1.807, 2.05) is 24.3 Å². The Morgan fingerprint density at radius 3 is 2.58 bits per heavy atom. The second-order valence-electron chi connectivity index (χ2n) is 4.74. The molecule has 2 nitrogen and oxygen atoms in total. The number of phenols is 1. The number of phenolic OH excluding ortho intramolecular Hbond substituents is 1. The third kappa shape index (κ3) is 2.51. The maximum Gasteiger partial charge on any atom is 0.119 e. The molecule has 0 radical (unpaired) electrons. The highest BCUT2D eigenvalue weighted by Crippen LogP contribution is 2.38. The summed E-state index contributed by atoms with van der Waals surface area (Å²) in [6.45, 7) is 0. The van der Waals surface area contributed by atoms with Crippen molar-refractivity contribution in [2.45, 2.75) is 18.9 Å². The Hall–Kier alpha value is -1.38. The van der Waals surface area contributed by atoms with Crippen molar-refractivity contribution in [1.82, 2.24) is 0 Å². The molecule has 4 heteroatoms. The van der Waals surface area contributed by atoms with Crippen molar-refractivity contribution in [3.63, 3.8) is 0 Å². The SMILES string of the molecule is Oc1cccc2c1CCC2Nc1cc(Cl)cc(Cl)c1. The first-order valence-corrected chi connectivity index (χ1v) is 6.92. The minimum Gasteiger partial charge on any atom is -0.508 e. The van der Waals surface area contributed by atoms with Crippen LogP contribution in [-0.2, 0) is 6.42 Å². The second-order valence-corrected chi connectivity index (χ2v) is 5.61. The van der Waals surface area contributed by atoms with Crippen molar-refractivity contribution >= 4 is 28.9 Å². The maximum atomic E-state index is 9.83. The summed E-state index contributed by atoms with van der Waals surface area (Å²) in [4.78, 5) is 0. The molecule has 0 aliphatic heterocycles. The summed E-state index contributed by atoms with van der Waals surface area (Å²) >= 11 is 12.0. The molecule has 0 spiro atoms. The number of halogens is 2. The van der Waals surface area contributed by atoms with Gasteiger partial charge in [-0.3, -0.25) is 0 Å². The van der Waals surface area contributed by atoms with E-state index in [0.29, 0.717) is 15.8 Å². The molecular weight excluding hydrogens is 281 g/mol. The number of hydrogen-bond donors (Lipinski definition) is 2. The van der Waals surface area contributed by atoms with Gasteiger partial charge in [-0.2, -0.15) is 0 Å². The van der Waals surface area contributed by atoms with Crippen molar-refractivity contribution < 1.29 is 5.11 Å². The van der Waals surface area contributed by atoms with Crippen molar-refractivity contribution in [2.75, 3.05) is 5.32 Å². The summed E-state index contributed by atoms with van der Waals surface area (Å²) in [7, 11) is 0. The molecule has 1 aliphatic rings. The Morgan fingerprint density at radius 2 is 1.84 bits per heavy atom. The Bertz CT molecular complexity index is 607. The zero-order chi connectivity index (χ0) is 13.4. The van der Waals surface area contributed by atoms with Crippen LogP contribution in [0, 0.1) is 0 Å². The van der Waals surface area contributed by atoms with Crippen LogP contribution in [0.15, 0.2) is 36.4 Å². The van der Waals surface area contributed by atoms with Gasteiger partial charge in [0.25, 0.3) is 0 Å². The quantitative estimate of drug-likeness (QED) is 0.834. The lowest BCUT2D eigenvalue weighted by molar-refractivity contribution is 0.469. The summed E-state index contributed by atoms with van der Waals surface area (Å²) in [5.41, 5.74) is 3.09. The molecule has 1 atom stereocenters. The Kier molecular flexibility index (Phi) is 3.29. The van der Waals surface area contributed by atoms with Gasteiger partial charge in [0.15, 0.2) is 0 Å². The number of benzene rings is 2. The van der Waals surface area contributed by atoms with E-state index >= 15 is 0 Å². The van der Waals surface area contributed by atoms with Crippen LogP contribution >= 0.6 is 23.2 Å². The first-order chi connectivity index (χ1) is 9.13. The Balaban J connectivity index is 1.89. The minimum atomic E-state index is 0.191. The highest BCUT2D eigenvalue weighted by molar-refractivity contribution is 6.35. The van der Waals surface area contributed by atoms with Gasteiger partial charge in [0.05, 0.1) is 6.04 Å². The summed E-state index contributed by atoms with van der Waals surface area (Å²) in [6.07, 6.45) is 1.84. The van der Waals surface area contributed by atoms with E-state index in [4.69, 9.17) is 23.2 Å². The molecule has 1 unspecified atom stereocenters. The topological polar surface area (TPSA) is 32.3 Å². The lowest BCUT2D eigenvalue weighted by Crippen LogP contribution is -2.06. The van der Waals surface area contributed by atoms with Gasteiger partial charge in [-0.15, -0.1) is 0 Å². The molecule has 19 heavy (non-hydrogen) atoms. The normalized spacial score (nSPS) is 17.3. The molecule has 2 aromatic carbocycles. The van der Waals surface area contributed by atoms with Crippen LogP contribution in [-0.4, -0.2) is 5.11 Å². The van der Waals surface area contributed by atoms with Gasteiger partial charge in [-0.25, -0.2) is 0 Å². The van der Waals surface area contributed by atoms with E-state index in [9.17, 15) is 5.11 Å². The fourth-order valence-corrected chi connectivity index (χ4v) is 3.15. The average Bonchev–Trinajstić information content (AvgIpc) is 2.73. The monoisotopic (exact) mass is 293 g/mol. The second kappa shape index (κ2) is 4.95. The zero-order valence-corrected chi connectivity index (χ0v) is 11.7. The van der Waals surface area contributed by atoms with Crippen molar-refractivity contribution in [1.29, 1.82) is 0 Å². The molecule has 0 amide bonds. The molecule has 2 aromatic rings. The van der Waals surface area contributed by atoms with Gasteiger partial charge < -0.3 is 10.4 Å². The molecule has 0 bridgehead atoms. The first kappa shape index (κ1) is 12.6. The lowest BCUT2D eigenvalue weighted by Gasteiger charge is -2.16. The van der Waals surface area contributed by atoms with Crippen LogP contribution in [0.2, 0.25) is 10.0 Å². The summed E-state index contributed by atoms with van der Waals surface area (Å²) < 4.78 is 0. The van der Waals surface area contributed by atoms with Crippen molar-refractivity contribution in [3.05, 3.63) is 57.6 Å². The summed E-state index contributed by atoms with van der Waals surface area (Å²) in [5, 5.41) is 14.5. The first-order valence-electron chi connectivity index (χ1n) is 6.17. The predicted molar refractivity (Wildman–Crippen MR) is 79.3 cm³/mol. The fourth-order valence-electron chi connectivity index (χ4n) is 2.62. The average molecular weight is 294 g/mol. The number of rotatable bonds is 2. The van der Waals surface area contributed by atoms with E-state index in [1.165, 1.54) is 0 Å². The van der Waals surface area contributed by atoms with Crippen LogP contribution < -0.4 is 5.32 Å². The molecule has 0 heterocycles. The molecule has 0 saturated heterocycles. The van der Waals surface area contributed by atoms with Gasteiger partial charge >= 0.3 is 0 Å².